The van der Waals surface area contributed by atoms with E-state index < -0.39 is 54.6 Å². The third-order valence-corrected chi connectivity index (χ3v) is 4.47. The molecule has 0 atom stereocenters. The van der Waals surface area contributed by atoms with Gasteiger partial charge in [0.05, 0.1) is 6.61 Å². The van der Waals surface area contributed by atoms with Gasteiger partial charge in [-0.15, -0.1) is 0 Å². The van der Waals surface area contributed by atoms with Gasteiger partial charge in [-0.25, -0.2) is 13.5 Å². The van der Waals surface area contributed by atoms with E-state index in [1.165, 1.54) is 44.9 Å². The molecule has 6 N–H and O–H groups in total. The molecule has 0 aromatic rings. The molecule has 0 spiro atoms. The summed E-state index contributed by atoms with van der Waals surface area (Å²) in [6.07, 6.45) is 9.26. The van der Waals surface area contributed by atoms with E-state index in [4.69, 9.17) is 34.0 Å². The Balaban J connectivity index is -0.000000152. The Labute approximate surface area is 260 Å². The van der Waals surface area contributed by atoms with Gasteiger partial charge in [0.1, 0.15) is 0 Å². The quantitative estimate of drug-likeness (QED) is 0.0391. The Morgan fingerprint density at radius 1 is 0.811 bits per heavy atom. The standard InChI is InChI=1S/C12H26O4S.C6H8O7.2Na.H3O4P/c1-2-3-4-5-6-7-8-9-10-11-12-16-17(13,14)15;7-3(8)1-6(13,5(11)12)2-4(9)10;;;1-5(2,3)4/h2-12H2,1H3,(H,13,14,15);13H,1-2H2,(H,7,8)(H,9,10)(H,11,12);;;(H3,1,2,3,4)/q;;2*+1;/p-2. The van der Waals surface area contributed by atoms with Crippen LogP contribution >= 0.6 is 7.82 Å². The van der Waals surface area contributed by atoms with Gasteiger partial charge in [0.15, 0.2) is 5.60 Å². The molecule has 37 heavy (non-hydrogen) atoms. The van der Waals surface area contributed by atoms with Gasteiger partial charge >= 0.3 is 83.3 Å². The summed E-state index contributed by atoms with van der Waals surface area (Å²) in [5.74, 6) is -5.65. The van der Waals surface area contributed by atoms with E-state index in [9.17, 15) is 33.0 Å². The summed E-state index contributed by atoms with van der Waals surface area (Å²) in [6.45, 7) is 2.31. The zero-order valence-corrected chi connectivity index (χ0v) is 27.1. The molecular formula is C18H35Na2O15PS. The minimum Gasteiger partial charge on any atom is -0.550 e. The molecule has 15 nitrogen and oxygen atoms in total. The first-order valence-electron chi connectivity index (χ1n) is 10.6. The number of aliphatic hydroxyl groups is 1. The van der Waals surface area contributed by atoms with Crippen molar-refractivity contribution in [3.8, 4) is 0 Å². The number of hydrogen-bond acceptors (Lipinski definition) is 10. The fourth-order valence-corrected chi connectivity index (χ4v) is 2.77. The average molecular weight is 600 g/mol. The molecule has 0 aliphatic heterocycles. The van der Waals surface area contributed by atoms with Crippen molar-refractivity contribution in [2.24, 2.45) is 0 Å². The van der Waals surface area contributed by atoms with Crippen LogP contribution in [0.4, 0.5) is 0 Å². The molecule has 0 aromatic carbocycles. The maximum atomic E-state index is 10.3. The Kier molecular flexibility index (Phi) is 33.9. The number of unbranched alkanes of at least 4 members (excludes halogenated alkanes) is 9. The first-order chi connectivity index (χ1) is 15.8. The van der Waals surface area contributed by atoms with Gasteiger partial charge in [-0.3, -0.25) is 4.55 Å². The smallest absolute Gasteiger partial charge is 0.550 e. The first-order valence-corrected chi connectivity index (χ1v) is 13.5. The van der Waals surface area contributed by atoms with E-state index in [0.717, 1.165) is 12.8 Å². The maximum Gasteiger partial charge on any atom is 1.00 e. The van der Waals surface area contributed by atoms with Crippen LogP contribution in [-0.4, -0.2) is 68.0 Å². The van der Waals surface area contributed by atoms with Crippen LogP contribution in [0.5, 0.6) is 0 Å². The summed E-state index contributed by atoms with van der Waals surface area (Å²) in [6, 6.07) is 0. The van der Waals surface area contributed by atoms with Crippen molar-refractivity contribution in [3.05, 3.63) is 0 Å². The maximum absolute atomic E-state index is 10.3. The van der Waals surface area contributed by atoms with Crippen LogP contribution in [0.15, 0.2) is 0 Å². The fourth-order valence-electron chi connectivity index (χ4n) is 2.45. The third kappa shape index (κ3) is 46.6. The number of carboxylic acids is 3. The Hall–Kier alpha value is 0.350. The van der Waals surface area contributed by atoms with E-state index in [0.29, 0.717) is 6.42 Å². The molecule has 0 aromatic heterocycles. The minimum absolute atomic E-state index is 0. The Morgan fingerprint density at radius 2 is 1.11 bits per heavy atom. The number of aliphatic carboxylic acids is 3. The van der Waals surface area contributed by atoms with Crippen LogP contribution in [0, 0.1) is 0 Å². The number of rotatable bonds is 17. The van der Waals surface area contributed by atoms with Crippen molar-refractivity contribution in [2.75, 3.05) is 6.61 Å². The van der Waals surface area contributed by atoms with Crippen LogP contribution in [0.25, 0.3) is 0 Å². The second-order valence-electron chi connectivity index (χ2n) is 7.38. The molecule has 210 valence electrons. The SMILES string of the molecule is CCCCCCCCCCCCOS(=O)(=O)O.O=C([O-])CC(O)(CC(=O)[O-])C(=O)O.O=P(O)(O)O.[Na+].[Na+]. The normalized spacial score (nSPS) is 10.9. The molecule has 0 aliphatic carbocycles. The molecule has 0 saturated heterocycles. The molecule has 0 heterocycles. The van der Waals surface area contributed by atoms with Gasteiger partial charge < -0.3 is 44.7 Å². The zero-order chi connectivity index (χ0) is 28.1. The van der Waals surface area contributed by atoms with Crippen LogP contribution in [0.3, 0.4) is 0 Å². The van der Waals surface area contributed by atoms with Gasteiger partial charge in [0, 0.05) is 24.8 Å². The van der Waals surface area contributed by atoms with E-state index in [1.54, 1.807) is 0 Å². The predicted molar refractivity (Wildman–Crippen MR) is 115 cm³/mol. The van der Waals surface area contributed by atoms with Crippen LogP contribution in [0.1, 0.15) is 84.0 Å². The van der Waals surface area contributed by atoms with Gasteiger partial charge in [0.25, 0.3) is 0 Å². The number of phosphoric acid groups is 1. The van der Waals surface area contributed by atoms with E-state index in [-0.39, 0.29) is 65.7 Å². The molecule has 0 aliphatic rings. The van der Waals surface area contributed by atoms with Crippen molar-refractivity contribution in [1.29, 1.82) is 0 Å². The van der Waals surface area contributed by atoms with Crippen LogP contribution in [0.2, 0.25) is 0 Å². The summed E-state index contributed by atoms with van der Waals surface area (Å²) < 4.78 is 41.9. The van der Waals surface area contributed by atoms with Gasteiger partial charge in [0.2, 0.25) is 0 Å². The number of carbonyl (C=O) groups excluding carboxylic acids is 2. The molecule has 0 amide bonds. The molecule has 19 heteroatoms. The second-order valence-corrected chi connectivity index (χ2v) is 9.50. The van der Waals surface area contributed by atoms with Crippen molar-refractivity contribution < 1.29 is 130 Å². The molecule has 0 bridgehead atoms. The number of carboxylic acid groups (broad SMARTS) is 3. The minimum atomic E-state index is -4.64. The summed E-state index contributed by atoms with van der Waals surface area (Å²) >= 11 is 0. The molecule has 0 radical (unpaired) electrons. The molecule has 0 rings (SSSR count). The molecular weight excluding hydrogens is 565 g/mol. The number of hydrogen-bond donors (Lipinski definition) is 6. The molecule has 0 saturated carbocycles. The topological polar surface area (TPSA) is 279 Å². The van der Waals surface area contributed by atoms with Crippen LogP contribution in [-0.2, 0) is 33.5 Å². The van der Waals surface area contributed by atoms with Crippen molar-refractivity contribution in [2.45, 2.75) is 89.6 Å². The molecule has 0 fully saturated rings. The average Bonchev–Trinajstić information content (AvgIpc) is 2.63. The van der Waals surface area contributed by atoms with Gasteiger partial charge in [-0.1, -0.05) is 64.7 Å². The largest absolute Gasteiger partial charge is 1.00 e. The molecule has 0 unspecified atom stereocenters. The van der Waals surface area contributed by atoms with Gasteiger partial charge in [-0.2, -0.15) is 8.42 Å². The second kappa shape index (κ2) is 26.6. The predicted octanol–water partition coefficient (Wildman–Crippen LogP) is -7.11. The van der Waals surface area contributed by atoms with E-state index >= 15 is 0 Å². The van der Waals surface area contributed by atoms with Crippen LogP contribution < -0.4 is 69.3 Å². The van der Waals surface area contributed by atoms with E-state index in [1.807, 2.05) is 0 Å². The van der Waals surface area contributed by atoms with E-state index in [2.05, 4.69) is 11.1 Å². The Morgan fingerprint density at radius 3 is 1.35 bits per heavy atom. The van der Waals surface area contributed by atoms with Crippen molar-refractivity contribution in [3.63, 3.8) is 0 Å². The third-order valence-electron chi connectivity index (χ3n) is 4.00. The van der Waals surface area contributed by atoms with Crippen molar-refractivity contribution in [1.82, 2.24) is 0 Å². The van der Waals surface area contributed by atoms with Crippen molar-refractivity contribution >= 4 is 36.1 Å². The summed E-state index contributed by atoms with van der Waals surface area (Å²) in [5, 5.41) is 37.2. The Bertz CT molecular complexity index is 734. The summed E-state index contributed by atoms with van der Waals surface area (Å²) in [4.78, 5) is 51.7. The summed E-state index contributed by atoms with van der Waals surface area (Å²) in [7, 11) is -8.87. The zero-order valence-electron chi connectivity index (χ0n) is 21.4. The number of carbonyl (C=O) groups is 3. The monoisotopic (exact) mass is 600 g/mol. The first kappa shape index (κ1) is 47.2. The van der Waals surface area contributed by atoms with Gasteiger partial charge in [-0.05, 0) is 6.42 Å². The summed E-state index contributed by atoms with van der Waals surface area (Å²) in [5.41, 5.74) is -2.86. The fraction of sp³-hybridized carbons (Fsp3) is 0.833.